The van der Waals surface area contributed by atoms with Gasteiger partial charge < -0.3 is 15.6 Å². The highest BCUT2D eigenvalue weighted by Crippen LogP contribution is 2.39. The second-order valence-electron chi connectivity index (χ2n) is 6.54. The number of aliphatic hydroxyl groups excluding tert-OH is 1. The first-order valence-corrected chi connectivity index (χ1v) is 11.0. The molecule has 31 heavy (non-hydrogen) atoms. The Labute approximate surface area is 178 Å². The Morgan fingerprint density at radius 2 is 2.13 bits per heavy atom. The lowest BCUT2D eigenvalue weighted by Gasteiger charge is -2.14. The Bertz CT molecular complexity index is 1230. The molecule has 3 heterocycles. The van der Waals surface area contributed by atoms with Crippen molar-refractivity contribution in [3.63, 3.8) is 0 Å². The number of ether oxygens (including phenoxy) is 1. The van der Waals surface area contributed by atoms with Gasteiger partial charge in [-0.1, -0.05) is 17.8 Å². The van der Waals surface area contributed by atoms with Crippen molar-refractivity contribution in [2.45, 2.75) is 34.5 Å². The zero-order valence-electron chi connectivity index (χ0n) is 15.5. The molecule has 0 spiro atoms. The third kappa shape index (κ3) is 4.46. The standard InChI is InChI=1S/C16H16F2N6O5S2/c17-7-2-1-3-8(4-7)30-15-10-13(19)21-6-22-14(10)24(23-15)16-11(18)12(25)9(29-16)5-28-31(20,26)27/h1-4,6,9,11-12,16,25H,5H2,(H2,19,21,22)(H2,20,26,27)/t9-,11+,12-,16-/m1/s1. The number of nitrogen functional groups attached to an aromatic ring is 1. The lowest BCUT2D eigenvalue weighted by atomic mass is 10.1. The van der Waals surface area contributed by atoms with Crippen molar-refractivity contribution in [2.24, 2.45) is 5.14 Å². The monoisotopic (exact) mass is 474 g/mol. The van der Waals surface area contributed by atoms with Crippen LogP contribution in [0.4, 0.5) is 14.6 Å². The van der Waals surface area contributed by atoms with Crippen LogP contribution in [0.3, 0.4) is 0 Å². The fraction of sp³-hybridized carbons (Fsp3) is 0.312. The van der Waals surface area contributed by atoms with E-state index in [1.54, 1.807) is 6.07 Å². The number of benzene rings is 1. The molecule has 0 unspecified atom stereocenters. The van der Waals surface area contributed by atoms with E-state index in [1.807, 2.05) is 0 Å². The number of aromatic nitrogens is 4. The highest BCUT2D eigenvalue weighted by molar-refractivity contribution is 7.99. The average Bonchev–Trinajstić information content (AvgIpc) is 3.19. The molecular formula is C16H16F2N6O5S2. The van der Waals surface area contributed by atoms with Crippen LogP contribution in [-0.4, -0.2) is 58.3 Å². The molecule has 1 aliphatic rings. The number of alkyl halides is 1. The topological polar surface area (TPSA) is 168 Å². The van der Waals surface area contributed by atoms with E-state index in [1.165, 1.54) is 18.2 Å². The summed E-state index contributed by atoms with van der Waals surface area (Å²) in [5.41, 5.74) is 6.07. The number of hydrogen-bond donors (Lipinski definition) is 3. The fourth-order valence-electron chi connectivity index (χ4n) is 3.06. The molecule has 15 heteroatoms. The number of hydrogen-bond acceptors (Lipinski definition) is 10. The van der Waals surface area contributed by atoms with E-state index < -0.39 is 47.3 Å². The summed E-state index contributed by atoms with van der Waals surface area (Å²) < 4.78 is 61.3. The maximum Gasteiger partial charge on any atom is 0.333 e. The van der Waals surface area contributed by atoms with Gasteiger partial charge in [-0.05, 0) is 18.2 Å². The second-order valence-corrected chi connectivity index (χ2v) is 8.83. The van der Waals surface area contributed by atoms with Crippen molar-refractivity contribution in [1.82, 2.24) is 19.7 Å². The average molecular weight is 474 g/mol. The summed E-state index contributed by atoms with van der Waals surface area (Å²) in [5, 5.41) is 19.7. The van der Waals surface area contributed by atoms with Crippen LogP contribution in [0, 0.1) is 5.82 Å². The molecule has 11 nitrogen and oxygen atoms in total. The quantitative estimate of drug-likeness (QED) is 0.458. The largest absolute Gasteiger partial charge is 0.387 e. The van der Waals surface area contributed by atoms with Gasteiger partial charge in [-0.3, -0.25) is 4.18 Å². The van der Waals surface area contributed by atoms with E-state index in [9.17, 15) is 22.3 Å². The Hall–Kier alpha value is -2.43. The fourth-order valence-corrected chi connectivity index (χ4v) is 4.35. The van der Waals surface area contributed by atoms with Gasteiger partial charge in [0.15, 0.2) is 18.0 Å². The summed E-state index contributed by atoms with van der Waals surface area (Å²) in [6.45, 7) is -0.696. The van der Waals surface area contributed by atoms with Crippen molar-refractivity contribution >= 4 is 38.9 Å². The molecule has 166 valence electrons. The van der Waals surface area contributed by atoms with E-state index in [0.29, 0.717) is 4.90 Å². The lowest BCUT2D eigenvalue weighted by molar-refractivity contribution is -0.0456. The van der Waals surface area contributed by atoms with Gasteiger partial charge in [-0.25, -0.2) is 28.6 Å². The van der Waals surface area contributed by atoms with Crippen LogP contribution in [-0.2, 0) is 19.2 Å². The molecule has 1 fully saturated rings. The van der Waals surface area contributed by atoms with Gasteiger partial charge in [-0.2, -0.15) is 13.5 Å². The minimum Gasteiger partial charge on any atom is -0.387 e. The van der Waals surface area contributed by atoms with E-state index in [0.717, 1.165) is 22.8 Å². The van der Waals surface area contributed by atoms with E-state index >= 15 is 0 Å². The third-order valence-electron chi connectivity index (χ3n) is 4.43. The van der Waals surface area contributed by atoms with E-state index in [4.69, 9.17) is 15.6 Å². The molecule has 0 saturated carbocycles. The first-order valence-electron chi connectivity index (χ1n) is 8.71. The molecule has 5 N–H and O–H groups in total. The number of nitrogens with zero attached hydrogens (tertiary/aromatic N) is 4. The number of aliphatic hydroxyl groups is 1. The first-order chi connectivity index (χ1) is 14.6. The summed E-state index contributed by atoms with van der Waals surface area (Å²) in [6, 6.07) is 5.72. The van der Waals surface area contributed by atoms with E-state index in [2.05, 4.69) is 19.2 Å². The van der Waals surface area contributed by atoms with Crippen LogP contribution in [0.15, 0.2) is 40.5 Å². The highest BCUT2D eigenvalue weighted by atomic mass is 32.2. The van der Waals surface area contributed by atoms with Gasteiger partial charge in [0.25, 0.3) is 0 Å². The summed E-state index contributed by atoms with van der Waals surface area (Å²) in [4.78, 5) is 8.50. The van der Waals surface area contributed by atoms with Crippen LogP contribution in [0.5, 0.6) is 0 Å². The van der Waals surface area contributed by atoms with Crippen molar-refractivity contribution < 1.29 is 31.2 Å². The predicted molar refractivity (Wildman–Crippen MR) is 104 cm³/mol. The van der Waals surface area contributed by atoms with Crippen LogP contribution < -0.4 is 10.9 Å². The van der Waals surface area contributed by atoms with Crippen molar-refractivity contribution in [2.75, 3.05) is 12.3 Å². The van der Waals surface area contributed by atoms with Crippen molar-refractivity contribution in [3.05, 3.63) is 36.4 Å². The van der Waals surface area contributed by atoms with Gasteiger partial charge in [0.1, 0.15) is 35.2 Å². The van der Waals surface area contributed by atoms with Crippen molar-refractivity contribution in [3.8, 4) is 0 Å². The van der Waals surface area contributed by atoms with Crippen molar-refractivity contribution in [1.29, 1.82) is 0 Å². The molecule has 1 aromatic carbocycles. The summed E-state index contributed by atoms with van der Waals surface area (Å²) in [6.07, 6.45) is -5.38. The SMILES string of the molecule is Nc1ncnc2c1c(Sc1cccc(F)c1)nn2[C@@H]1O[C@H](COS(N)(=O)=O)[C@@H](O)[C@@H]1F. The molecule has 1 saturated heterocycles. The summed E-state index contributed by atoms with van der Waals surface area (Å²) in [5.74, 6) is -0.403. The van der Waals surface area contributed by atoms with Crippen LogP contribution >= 0.6 is 11.8 Å². The summed E-state index contributed by atoms with van der Waals surface area (Å²) in [7, 11) is -4.32. The van der Waals surface area contributed by atoms with Gasteiger partial charge in [0, 0.05) is 4.90 Å². The minimum atomic E-state index is -4.32. The maximum atomic E-state index is 14.9. The summed E-state index contributed by atoms with van der Waals surface area (Å²) >= 11 is 1.05. The number of anilines is 1. The van der Waals surface area contributed by atoms with Gasteiger partial charge in [-0.15, -0.1) is 0 Å². The number of halogens is 2. The molecule has 2 aromatic heterocycles. The zero-order valence-corrected chi connectivity index (χ0v) is 17.1. The molecule has 4 atom stereocenters. The second kappa shape index (κ2) is 8.25. The lowest BCUT2D eigenvalue weighted by Crippen LogP contribution is -2.33. The normalized spacial score (nSPS) is 24.1. The molecule has 0 bridgehead atoms. The van der Waals surface area contributed by atoms with Crippen LogP contribution in [0.1, 0.15) is 6.23 Å². The van der Waals surface area contributed by atoms with E-state index in [-0.39, 0.29) is 21.9 Å². The third-order valence-corrected chi connectivity index (χ3v) is 5.86. The van der Waals surface area contributed by atoms with Gasteiger partial charge in [0.2, 0.25) is 0 Å². The van der Waals surface area contributed by atoms with Gasteiger partial charge >= 0.3 is 10.3 Å². The minimum absolute atomic E-state index is 0.0539. The molecule has 0 amide bonds. The predicted octanol–water partition coefficient (Wildman–Crippen LogP) is 0.515. The first kappa shape index (κ1) is 21.8. The Balaban J connectivity index is 1.70. The Morgan fingerprint density at radius 3 is 2.84 bits per heavy atom. The molecule has 3 aromatic rings. The molecule has 0 aliphatic carbocycles. The zero-order chi connectivity index (χ0) is 22.3. The Kier molecular flexibility index (Phi) is 5.80. The smallest absolute Gasteiger partial charge is 0.333 e. The molecule has 1 aliphatic heterocycles. The van der Waals surface area contributed by atoms with Crippen LogP contribution in [0.2, 0.25) is 0 Å². The molecular weight excluding hydrogens is 458 g/mol. The number of fused-ring (bicyclic) bond motifs is 1. The number of nitrogens with two attached hydrogens (primary N) is 2. The molecule has 4 rings (SSSR count). The maximum absolute atomic E-state index is 14.9. The van der Waals surface area contributed by atoms with Crippen LogP contribution in [0.25, 0.3) is 11.0 Å². The highest BCUT2D eigenvalue weighted by Gasteiger charge is 2.47. The molecule has 0 radical (unpaired) electrons. The van der Waals surface area contributed by atoms with Gasteiger partial charge in [0.05, 0.1) is 12.0 Å². The Morgan fingerprint density at radius 1 is 1.35 bits per heavy atom. The number of rotatable bonds is 6.